The SMILES string of the molecule is CCC(=O)Oc1cccc(/C=C2\N=C(c3ccc(I)cc3)OC2=O)c1. The van der Waals surface area contributed by atoms with Crippen LogP contribution in [0.15, 0.2) is 59.2 Å². The largest absolute Gasteiger partial charge is 0.427 e. The van der Waals surface area contributed by atoms with E-state index in [1.165, 1.54) is 0 Å². The number of esters is 2. The van der Waals surface area contributed by atoms with Crippen molar-refractivity contribution < 1.29 is 19.1 Å². The van der Waals surface area contributed by atoms with E-state index in [1.54, 1.807) is 37.3 Å². The molecule has 6 heteroatoms. The number of aliphatic imine (C=N–C) groups is 1. The van der Waals surface area contributed by atoms with E-state index in [0.717, 1.165) is 9.13 Å². The number of cyclic esters (lactones) is 1. The van der Waals surface area contributed by atoms with Gasteiger partial charge in [0.15, 0.2) is 5.70 Å². The van der Waals surface area contributed by atoms with E-state index in [2.05, 4.69) is 27.6 Å². The van der Waals surface area contributed by atoms with Crippen LogP contribution in [0.1, 0.15) is 24.5 Å². The van der Waals surface area contributed by atoms with Gasteiger partial charge in [-0.25, -0.2) is 9.79 Å². The van der Waals surface area contributed by atoms with Gasteiger partial charge in [0.25, 0.3) is 0 Å². The lowest BCUT2D eigenvalue weighted by Crippen LogP contribution is -2.05. The van der Waals surface area contributed by atoms with Crippen LogP contribution < -0.4 is 4.74 Å². The molecule has 3 rings (SSSR count). The van der Waals surface area contributed by atoms with Crippen LogP contribution >= 0.6 is 22.6 Å². The summed E-state index contributed by atoms with van der Waals surface area (Å²) >= 11 is 2.20. The molecule has 2 aromatic carbocycles. The number of ether oxygens (including phenoxy) is 2. The summed E-state index contributed by atoms with van der Waals surface area (Å²) in [5.74, 6) is -0.121. The highest BCUT2D eigenvalue weighted by molar-refractivity contribution is 14.1. The molecule has 126 valence electrons. The first kappa shape index (κ1) is 17.3. The van der Waals surface area contributed by atoms with Gasteiger partial charge in [-0.1, -0.05) is 19.1 Å². The van der Waals surface area contributed by atoms with Crippen LogP contribution in [-0.4, -0.2) is 17.8 Å². The van der Waals surface area contributed by atoms with E-state index in [0.29, 0.717) is 17.7 Å². The van der Waals surface area contributed by atoms with Crippen LogP contribution in [0.25, 0.3) is 6.08 Å². The number of carbonyl (C=O) groups excluding carboxylic acids is 2. The van der Waals surface area contributed by atoms with Gasteiger partial charge < -0.3 is 9.47 Å². The summed E-state index contributed by atoms with van der Waals surface area (Å²) in [6.45, 7) is 1.73. The van der Waals surface area contributed by atoms with Gasteiger partial charge in [-0.15, -0.1) is 0 Å². The van der Waals surface area contributed by atoms with E-state index in [1.807, 2.05) is 24.3 Å². The molecule has 0 radical (unpaired) electrons. The quantitative estimate of drug-likeness (QED) is 0.308. The van der Waals surface area contributed by atoms with Gasteiger partial charge in [0, 0.05) is 15.6 Å². The molecule has 1 aliphatic rings. The van der Waals surface area contributed by atoms with Crippen LogP contribution in [0.2, 0.25) is 0 Å². The Kier molecular flexibility index (Phi) is 5.28. The van der Waals surface area contributed by atoms with E-state index in [-0.39, 0.29) is 17.6 Å². The van der Waals surface area contributed by atoms with Gasteiger partial charge in [0.2, 0.25) is 5.90 Å². The second kappa shape index (κ2) is 7.60. The van der Waals surface area contributed by atoms with E-state index >= 15 is 0 Å². The number of nitrogens with zero attached hydrogens (tertiary/aromatic N) is 1. The fraction of sp³-hybridized carbons (Fsp3) is 0.105. The maximum Gasteiger partial charge on any atom is 0.363 e. The zero-order chi connectivity index (χ0) is 17.8. The molecule has 0 fully saturated rings. The summed E-state index contributed by atoms with van der Waals surface area (Å²) in [5, 5.41) is 0. The molecule has 5 nitrogen and oxygen atoms in total. The third kappa shape index (κ3) is 4.33. The zero-order valence-electron chi connectivity index (χ0n) is 13.4. The Morgan fingerprint density at radius 1 is 1.24 bits per heavy atom. The van der Waals surface area contributed by atoms with Crippen molar-refractivity contribution in [3.63, 3.8) is 0 Å². The van der Waals surface area contributed by atoms with Crippen molar-refractivity contribution in [3.05, 3.63) is 68.9 Å². The van der Waals surface area contributed by atoms with Crippen LogP contribution in [0.5, 0.6) is 5.75 Å². The van der Waals surface area contributed by atoms with Gasteiger partial charge in [-0.3, -0.25) is 4.79 Å². The Labute approximate surface area is 158 Å². The third-order valence-corrected chi connectivity index (χ3v) is 4.11. The maximum absolute atomic E-state index is 12.0. The monoisotopic (exact) mass is 447 g/mol. The third-order valence-electron chi connectivity index (χ3n) is 3.39. The van der Waals surface area contributed by atoms with Crippen molar-refractivity contribution in [2.45, 2.75) is 13.3 Å². The summed E-state index contributed by atoms with van der Waals surface area (Å²) in [5.41, 5.74) is 1.64. The molecule has 0 N–H and O–H groups in total. The topological polar surface area (TPSA) is 65.0 Å². The average Bonchev–Trinajstić information content (AvgIpc) is 2.96. The van der Waals surface area contributed by atoms with Crippen molar-refractivity contribution in [2.75, 3.05) is 0 Å². The van der Waals surface area contributed by atoms with Crippen molar-refractivity contribution in [1.82, 2.24) is 0 Å². The van der Waals surface area contributed by atoms with Crippen molar-refractivity contribution in [3.8, 4) is 5.75 Å². The molecule has 0 saturated carbocycles. The number of benzene rings is 2. The fourth-order valence-electron chi connectivity index (χ4n) is 2.15. The molecular formula is C19H14INO4. The minimum atomic E-state index is -0.510. The minimum absolute atomic E-state index is 0.201. The molecule has 1 aliphatic heterocycles. The number of carbonyl (C=O) groups is 2. The van der Waals surface area contributed by atoms with Crippen molar-refractivity contribution >= 4 is 46.5 Å². The predicted molar refractivity (Wildman–Crippen MR) is 102 cm³/mol. The molecular weight excluding hydrogens is 433 g/mol. The van der Waals surface area contributed by atoms with Gasteiger partial charge in [0.1, 0.15) is 5.75 Å². The zero-order valence-corrected chi connectivity index (χ0v) is 15.5. The smallest absolute Gasteiger partial charge is 0.363 e. The average molecular weight is 447 g/mol. The highest BCUT2D eigenvalue weighted by Crippen LogP contribution is 2.22. The molecule has 1 heterocycles. The van der Waals surface area contributed by atoms with Crippen LogP contribution in [-0.2, 0) is 14.3 Å². The van der Waals surface area contributed by atoms with Gasteiger partial charge >= 0.3 is 11.9 Å². The van der Waals surface area contributed by atoms with Crippen LogP contribution in [0.4, 0.5) is 0 Å². The Balaban J connectivity index is 1.85. The van der Waals surface area contributed by atoms with Crippen molar-refractivity contribution in [2.24, 2.45) is 4.99 Å². The standard InChI is InChI=1S/C19H14INO4/c1-2-17(22)24-15-5-3-4-12(10-15)11-16-19(23)25-18(21-16)13-6-8-14(20)9-7-13/h3-11H,2H2,1H3/b16-11-. The number of hydrogen-bond donors (Lipinski definition) is 0. The number of halogens is 1. The summed E-state index contributed by atoms with van der Waals surface area (Å²) in [6.07, 6.45) is 1.90. The van der Waals surface area contributed by atoms with E-state index in [9.17, 15) is 9.59 Å². The maximum atomic E-state index is 12.0. The predicted octanol–water partition coefficient (Wildman–Crippen LogP) is 3.95. The second-order valence-electron chi connectivity index (χ2n) is 5.24. The Morgan fingerprint density at radius 2 is 2.00 bits per heavy atom. The highest BCUT2D eigenvalue weighted by atomic mass is 127. The van der Waals surface area contributed by atoms with E-state index < -0.39 is 5.97 Å². The summed E-state index contributed by atoms with van der Waals surface area (Å²) in [7, 11) is 0. The van der Waals surface area contributed by atoms with E-state index in [4.69, 9.17) is 9.47 Å². The fourth-order valence-corrected chi connectivity index (χ4v) is 2.51. The molecule has 2 aromatic rings. The molecule has 0 aliphatic carbocycles. The van der Waals surface area contributed by atoms with Crippen LogP contribution in [0.3, 0.4) is 0 Å². The summed E-state index contributed by atoms with van der Waals surface area (Å²) < 4.78 is 11.5. The van der Waals surface area contributed by atoms with Gasteiger partial charge in [-0.05, 0) is 70.6 Å². The summed E-state index contributed by atoms with van der Waals surface area (Å²) in [4.78, 5) is 27.7. The Hall–Kier alpha value is -2.48. The lowest BCUT2D eigenvalue weighted by molar-refractivity contribution is -0.134. The molecule has 0 unspecified atom stereocenters. The first-order valence-corrected chi connectivity index (χ1v) is 8.72. The minimum Gasteiger partial charge on any atom is -0.427 e. The van der Waals surface area contributed by atoms with Gasteiger partial charge in [0.05, 0.1) is 0 Å². The van der Waals surface area contributed by atoms with Gasteiger partial charge in [-0.2, -0.15) is 0 Å². The second-order valence-corrected chi connectivity index (χ2v) is 6.49. The molecule has 0 saturated heterocycles. The Morgan fingerprint density at radius 3 is 2.72 bits per heavy atom. The van der Waals surface area contributed by atoms with Crippen molar-refractivity contribution in [1.29, 1.82) is 0 Å². The molecule has 0 aromatic heterocycles. The van der Waals surface area contributed by atoms with Crippen LogP contribution in [0, 0.1) is 3.57 Å². The molecule has 0 spiro atoms. The lowest BCUT2D eigenvalue weighted by atomic mass is 10.2. The first-order chi connectivity index (χ1) is 12.0. The molecule has 0 atom stereocenters. The number of rotatable bonds is 4. The molecule has 0 amide bonds. The Bertz CT molecular complexity index is 885. The molecule has 25 heavy (non-hydrogen) atoms. The first-order valence-electron chi connectivity index (χ1n) is 7.64. The lowest BCUT2D eigenvalue weighted by Gasteiger charge is -2.03. The molecule has 0 bridgehead atoms. The number of hydrogen-bond acceptors (Lipinski definition) is 5. The summed E-state index contributed by atoms with van der Waals surface area (Å²) in [6, 6.07) is 14.4. The highest BCUT2D eigenvalue weighted by Gasteiger charge is 2.24. The normalized spacial score (nSPS) is 15.0.